The normalized spacial score (nSPS) is 11.8. The van der Waals surface area contributed by atoms with Gasteiger partial charge in [-0.3, -0.25) is 0 Å². The Kier molecular flexibility index (Phi) is 4.77. The van der Waals surface area contributed by atoms with Crippen molar-refractivity contribution < 1.29 is 13.2 Å². The predicted molar refractivity (Wildman–Crippen MR) is 75.7 cm³/mol. The van der Waals surface area contributed by atoms with Gasteiger partial charge in [-0.1, -0.05) is 27.3 Å². The van der Waals surface area contributed by atoms with Crippen molar-refractivity contribution >= 4 is 27.3 Å². The van der Waals surface area contributed by atoms with Crippen LogP contribution in [0.25, 0.3) is 10.6 Å². The van der Waals surface area contributed by atoms with Gasteiger partial charge in [0.25, 0.3) is 0 Å². The average molecular weight is 366 g/mol. The first-order chi connectivity index (χ1) is 9.41. The van der Waals surface area contributed by atoms with Crippen LogP contribution in [0.1, 0.15) is 10.6 Å². The molecule has 0 radical (unpaired) electrons. The summed E-state index contributed by atoms with van der Waals surface area (Å²) in [6.45, 7) is 0.748. The number of aromatic nitrogens is 2. The van der Waals surface area contributed by atoms with Crippen LogP contribution >= 0.6 is 27.3 Å². The Morgan fingerprint density at radius 3 is 2.70 bits per heavy atom. The molecule has 1 N–H and O–H groups in total. The summed E-state index contributed by atoms with van der Waals surface area (Å²) in [5.41, 5.74) is -0.282. The summed E-state index contributed by atoms with van der Waals surface area (Å²) in [6.07, 6.45) is -3.67. The standard InChI is InChI=1S/C12H11BrF3N3S/c1-17-5-4-10-18-19-11(20-10)8-6-7(12(14,15)16)2-3-9(8)13/h2-3,6,17H,4-5H2,1H3. The van der Waals surface area contributed by atoms with E-state index in [0.717, 1.165) is 23.7 Å². The third-order valence-corrected chi connectivity index (χ3v) is 4.29. The molecule has 8 heteroatoms. The van der Waals surface area contributed by atoms with Gasteiger partial charge in [0.2, 0.25) is 0 Å². The fraction of sp³-hybridized carbons (Fsp3) is 0.333. The number of likely N-dealkylation sites (N-methyl/N-ethyl adjacent to an activating group) is 1. The number of rotatable bonds is 4. The minimum atomic E-state index is -4.37. The molecule has 0 amide bonds. The number of nitrogens with zero attached hydrogens (tertiary/aromatic N) is 2. The zero-order valence-electron chi connectivity index (χ0n) is 10.5. The van der Waals surface area contributed by atoms with E-state index in [0.29, 0.717) is 21.5 Å². The van der Waals surface area contributed by atoms with Crippen molar-refractivity contribution in [3.63, 3.8) is 0 Å². The monoisotopic (exact) mass is 365 g/mol. The molecular formula is C12H11BrF3N3S. The first-order valence-corrected chi connectivity index (χ1v) is 7.37. The summed E-state index contributed by atoms with van der Waals surface area (Å²) in [7, 11) is 1.82. The van der Waals surface area contributed by atoms with Crippen molar-refractivity contribution in [3.05, 3.63) is 33.2 Å². The van der Waals surface area contributed by atoms with Crippen LogP contribution in [-0.4, -0.2) is 23.8 Å². The van der Waals surface area contributed by atoms with Crippen molar-refractivity contribution in [2.24, 2.45) is 0 Å². The molecule has 0 spiro atoms. The van der Waals surface area contributed by atoms with E-state index in [4.69, 9.17) is 0 Å². The van der Waals surface area contributed by atoms with Crippen LogP contribution in [0, 0.1) is 0 Å². The van der Waals surface area contributed by atoms with Gasteiger partial charge in [-0.05, 0) is 25.2 Å². The van der Waals surface area contributed by atoms with Crippen molar-refractivity contribution in [2.75, 3.05) is 13.6 Å². The zero-order chi connectivity index (χ0) is 14.8. The second kappa shape index (κ2) is 6.19. The Morgan fingerprint density at radius 1 is 1.30 bits per heavy atom. The molecule has 1 heterocycles. The molecule has 0 aliphatic carbocycles. The molecule has 0 aliphatic heterocycles. The maximum absolute atomic E-state index is 12.7. The van der Waals surface area contributed by atoms with Gasteiger partial charge in [-0.15, -0.1) is 10.2 Å². The van der Waals surface area contributed by atoms with Gasteiger partial charge >= 0.3 is 6.18 Å². The second-order valence-electron chi connectivity index (χ2n) is 4.05. The lowest BCUT2D eigenvalue weighted by atomic mass is 10.1. The molecule has 1 aromatic carbocycles. The molecule has 0 saturated carbocycles. The Labute approximate surface area is 126 Å². The van der Waals surface area contributed by atoms with Crippen molar-refractivity contribution in [1.29, 1.82) is 0 Å². The Hall–Kier alpha value is -0.990. The van der Waals surface area contributed by atoms with E-state index in [1.165, 1.54) is 17.4 Å². The fourth-order valence-electron chi connectivity index (χ4n) is 1.56. The molecule has 0 bridgehead atoms. The molecule has 1 aromatic heterocycles. The van der Waals surface area contributed by atoms with E-state index in [-0.39, 0.29) is 0 Å². The van der Waals surface area contributed by atoms with Crippen molar-refractivity contribution in [1.82, 2.24) is 15.5 Å². The third-order valence-electron chi connectivity index (χ3n) is 2.58. The molecule has 2 rings (SSSR count). The van der Waals surface area contributed by atoms with Crippen LogP contribution < -0.4 is 5.32 Å². The lowest BCUT2D eigenvalue weighted by molar-refractivity contribution is -0.137. The molecule has 0 atom stereocenters. The molecular weight excluding hydrogens is 355 g/mol. The highest BCUT2D eigenvalue weighted by molar-refractivity contribution is 9.10. The summed E-state index contributed by atoms with van der Waals surface area (Å²) in [6, 6.07) is 3.51. The molecule has 0 unspecified atom stereocenters. The highest BCUT2D eigenvalue weighted by Crippen LogP contribution is 2.36. The highest BCUT2D eigenvalue weighted by atomic mass is 79.9. The van der Waals surface area contributed by atoms with Gasteiger partial charge in [0.15, 0.2) is 0 Å². The number of alkyl halides is 3. The van der Waals surface area contributed by atoms with Crippen molar-refractivity contribution in [2.45, 2.75) is 12.6 Å². The van der Waals surface area contributed by atoms with E-state index in [1.54, 1.807) is 0 Å². The Balaban J connectivity index is 2.34. The summed E-state index contributed by atoms with van der Waals surface area (Å²) < 4.78 is 38.8. The van der Waals surface area contributed by atoms with E-state index in [9.17, 15) is 13.2 Å². The SMILES string of the molecule is CNCCc1nnc(-c2cc(C(F)(F)F)ccc2Br)s1. The fourth-order valence-corrected chi connectivity index (χ4v) is 3.00. The summed E-state index contributed by atoms with van der Waals surface area (Å²) in [4.78, 5) is 0. The largest absolute Gasteiger partial charge is 0.416 e. The topological polar surface area (TPSA) is 37.8 Å². The quantitative estimate of drug-likeness (QED) is 0.896. The third kappa shape index (κ3) is 3.56. The molecule has 0 saturated heterocycles. The van der Waals surface area contributed by atoms with Gasteiger partial charge in [-0.25, -0.2) is 0 Å². The highest BCUT2D eigenvalue weighted by Gasteiger charge is 2.31. The molecule has 20 heavy (non-hydrogen) atoms. The maximum Gasteiger partial charge on any atom is 0.416 e. The first-order valence-electron chi connectivity index (χ1n) is 5.76. The van der Waals surface area contributed by atoms with E-state index >= 15 is 0 Å². The minimum absolute atomic E-state index is 0.410. The molecule has 108 valence electrons. The molecule has 0 fully saturated rings. The summed E-state index contributed by atoms with van der Waals surface area (Å²) in [5.74, 6) is 0. The molecule has 2 aromatic rings. The lowest BCUT2D eigenvalue weighted by Crippen LogP contribution is -2.09. The number of nitrogens with one attached hydrogen (secondary N) is 1. The lowest BCUT2D eigenvalue weighted by Gasteiger charge is -2.08. The van der Waals surface area contributed by atoms with Crippen LogP contribution in [0.3, 0.4) is 0 Å². The van der Waals surface area contributed by atoms with Gasteiger partial charge < -0.3 is 5.32 Å². The van der Waals surface area contributed by atoms with Gasteiger partial charge in [0.1, 0.15) is 10.0 Å². The maximum atomic E-state index is 12.7. The molecule has 3 nitrogen and oxygen atoms in total. The number of hydrogen-bond acceptors (Lipinski definition) is 4. The second-order valence-corrected chi connectivity index (χ2v) is 5.96. The number of benzene rings is 1. The Morgan fingerprint density at radius 2 is 2.05 bits per heavy atom. The van der Waals surface area contributed by atoms with Crippen LogP contribution in [0.5, 0.6) is 0 Å². The average Bonchev–Trinajstić information content (AvgIpc) is 2.84. The van der Waals surface area contributed by atoms with Crippen LogP contribution in [0.15, 0.2) is 22.7 Å². The summed E-state index contributed by atoms with van der Waals surface area (Å²) >= 11 is 4.55. The predicted octanol–water partition coefficient (Wildman–Crippen LogP) is 3.75. The van der Waals surface area contributed by atoms with E-state index in [1.807, 2.05) is 7.05 Å². The molecule has 0 aliphatic rings. The van der Waals surface area contributed by atoms with Crippen LogP contribution in [-0.2, 0) is 12.6 Å². The first kappa shape index (κ1) is 15.4. The summed E-state index contributed by atoms with van der Waals surface area (Å²) in [5, 5.41) is 12.2. The minimum Gasteiger partial charge on any atom is -0.319 e. The van der Waals surface area contributed by atoms with Crippen molar-refractivity contribution in [3.8, 4) is 10.6 Å². The van der Waals surface area contributed by atoms with Gasteiger partial charge in [-0.2, -0.15) is 13.2 Å². The number of hydrogen-bond donors (Lipinski definition) is 1. The van der Waals surface area contributed by atoms with Crippen LogP contribution in [0.4, 0.5) is 13.2 Å². The zero-order valence-corrected chi connectivity index (χ0v) is 12.9. The van der Waals surface area contributed by atoms with Gasteiger partial charge in [0, 0.05) is 23.0 Å². The number of halogens is 4. The van der Waals surface area contributed by atoms with Crippen LogP contribution in [0.2, 0.25) is 0 Å². The van der Waals surface area contributed by atoms with E-state index < -0.39 is 11.7 Å². The smallest absolute Gasteiger partial charge is 0.319 e. The van der Waals surface area contributed by atoms with E-state index in [2.05, 4.69) is 31.4 Å². The van der Waals surface area contributed by atoms with Gasteiger partial charge in [0.05, 0.1) is 5.56 Å². The Bertz CT molecular complexity index is 598.